The summed E-state index contributed by atoms with van der Waals surface area (Å²) in [5.41, 5.74) is 1.30. The highest BCUT2D eigenvalue weighted by Crippen LogP contribution is 2.36. The van der Waals surface area contributed by atoms with Crippen LogP contribution >= 0.6 is 0 Å². The van der Waals surface area contributed by atoms with Crippen LogP contribution < -0.4 is 9.47 Å². The summed E-state index contributed by atoms with van der Waals surface area (Å²) >= 11 is 0. The predicted octanol–water partition coefficient (Wildman–Crippen LogP) is 2.34. The molecule has 96 valence electrons. The quantitative estimate of drug-likeness (QED) is 0.912. The van der Waals surface area contributed by atoms with Crippen molar-refractivity contribution in [2.75, 3.05) is 14.2 Å². The molecule has 5 nitrogen and oxygen atoms in total. The molecule has 1 aromatic heterocycles. The van der Waals surface area contributed by atoms with E-state index in [9.17, 15) is 5.11 Å². The van der Waals surface area contributed by atoms with E-state index in [2.05, 4.69) is 4.98 Å². The molecule has 0 bridgehead atoms. The van der Waals surface area contributed by atoms with Gasteiger partial charge in [0, 0.05) is 18.0 Å². The van der Waals surface area contributed by atoms with Gasteiger partial charge in [0.1, 0.15) is 17.4 Å². The summed E-state index contributed by atoms with van der Waals surface area (Å²) in [7, 11) is 3.08. The summed E-state index contributed by atoms with van der Waals surface area (Å²) in [6.07, 6.45) is 2.82. The molecule has 0 amide bonds. The summed E-state index contributed by atoms with van der Waals surface area (Å²) in [6, 6.07) is 7.10. The fourth-order valence-corrected chi connectivity index (χ4v) is 1.75. The second kappa shape index (κ2) is 5.27. The van der Waals surface area contributed by atoms with Gasteiger partial charge in [-0.3, -0.25) is 4.98 Å². The van der Waals surface area contributed by atoms with E-state index in [0.717, 1.165) is 0 Å². The summed E-state index contributed by atoms with van der Waals surface area (Å²) in [5, 5.41) is 18.9. The average molecular weight is 256 g/mol. The summed E-state index contributed by atoms with van der Waals surface area (Å²) < 4.78 is 10.3. The maximum absolute atomic E-state index is 10.00. The minimum atomic E-state index is -0.0929. The standard InChI is InChI=1S/C14H12N2O3/c1-18-12-4-3-9(5-13(12)19-2)11-8-16-7-10(6-15)14(11)17/h3-5,7-8H,1-2H3,(H,16,17). The van der Waals surface area contributed by atoms with E-state index >= 15 is 0 Å². The van der Waals surface area contributed by atoms with Gasteiger partial charge >= 0.3 is 0 Å². The first-order chi connectivity index (χ1) is 9.21. The van der Waals surface area contributed by atoms with Crippen molar-refractivity contribution in [3.05, 3.63) is 36.2 Å². The van der Waals surface area contributed by atoms with Gasteiger partial charge in [-0.1, -0.05) is 6.07 Å². The highest BCUT2D eigenvalue weighted by Gasteiger charge is 2.12. The maximum Gasteiger partial charge on any atom is 0.161 e. The topological polar surface area (TPSA) is 75.4 Å². The van der Waals surface area contributed by atoms with Crippen LogP contribution in [0.4, 0.5) is 0 Å². The predicted molar refractivity (Wildman–Crippen MR) is 69.2 cm³/mol. The Hall–Kier alpha value is -2.74. The molecule has 0 aliphatic carbocycles. The van der Waals surface area contributed by atoms with E-state index < -0.39 is 0 Å². The van der Waals surface area contributed by atoms with Crippen LogP contribution in [0.2, 0.25) is 0 Å². The number of benzene rings is 1. The molecular weight excluding hydrogens is 244 g/mol. The molecule has 1 heterocycles. The van der Waals surface area contributed by atoms with Crippen LogP contribution in [0.15, 0.2) is 30.6 Å². The Morgan fingerprint density at radius 3 is 2.53 bits per heavy atom. The summed E-state index contributed by atoms with van der Waals surface area (Å²) in [4.78, 5) is 3.94. The van der Waals surface area contributed by atoms with Crippen molar-refractivity contribution in [2.24, 2.45) is 0 Å². The van der Waals surface area contributed by atoms with Crippen LogP contribution in [0.1, 0.15) is 5.56 Å². The molecule has 0 radical (unpaired) electrons. The van der Waals surface area contributed by atoms with Gasteiger partial charge in [0.05, 0.1) is 14.2 Å². The van der Waals surface area contributed by atoms with E-state index in [1.54, 1.807) is 25.3 Å². The zero-order chi connectivity index (χ0) is 13.8. The van der Waals surface area contributed by atoms with Crippen LogP contribution in [-0.4, -0.2) is 24.3 Å². The number of nitrogens with zero attached hydrogens (tertiary/aromatic N) is 2. The third-order valence-electron chi connectivity index (χ3n) is 2.73. The van der Waals surface area contributed by atoms with Crippen molar-refractivity contribution < 1.29 is 14.6 Å². The molecule has 0 aliphatic rings. The van der Waals surface area contributed by atoms with E-state index in [0.29, 0.717) is 22.6 Å². The molecule has 1 N–H and O–H groups in total. The molecule has 0 aliphatic heterocycles. The van der Waals surface area contributed by atoms with Crippen LogP contribution in [0.5, 0.6) is 17.2 Å². The fraction of sp³-hybridized carbons (Fsp3) is 0.143. The lowest BCUT2D eigenvalue weighted by Crippen LogP contribution is -1.92. The first-order valence-electron chi connectivity index (χ1n) is 5.50. The van der Waals surface area contributed by atoms with Gasteiger partial charge in [-0.2, -0.15) is 5.26 Å². The lowest BCUT2D eigenvalue weighted by atomic mass is 10.0. The summed E-state index contributed by atoms with van der Waals surface area (Å²) in [6.45, 7) is 0. The number of ether oxygens (including phenoxy) is 2. The molecule has 0 saturated carbocycles. The van der Waals surface area contributed by atoms with E-state index in [-0.39, 0.29) is 11.3 Å². The highest BCUT2D eigenvalue weighted by molar-refractivity contribution is 5.74. The minimum absolute atomic E-state index is 0.0929. The Morgan fingerprint density at radius 2 is 1.89 bits per heavy atom. The third kappa shape index (κ3) is 2.29. The van der Waals surface area contributed by atoms with Crippen molar-refractivity contribution in [2.45, 2.75) is 0 Å². The highest BCUT2D eigenvalue weighted by atomic mass is 16.5. The van der Waals surface area contributed by atoms with Crippen LogP contribution in [0.25, 0.3) is 11.1 Å². The SMILES string of the molecule is COc1ccc(-c2cncc(C#N)c2O)cc1OC. The zero-order valence-corrected chi connectivity index (χ0v) is 10.5. The molecule has 1 aromatic carbocycles. The van der Waals surface area contributed by atoms with Gasteiger partial charge in [-0.25, -0.2) is 0 Å². The van der Waals surface area contributed by atoms with E-state index in [1.165, 1.54) is 19.5 Å². The number of methoxy groups -OCH3 is 2. The van der Waals surface area contributed by atoms with Crippen LogP contribution in [0.3, 0.4) is 0 Å². The fourth-order valence-electron chi connectivity index (χ4n) is 1.75. The Balaban J connectivity index is 2.57. The third-order valence-corrected chi connectivity index (χ3v) is 2.73. The Morgan fingerprint density at radius 1 is 1.16 bits per heavy atom. The van der Waals surface area contributed by atoms with Gasteiger partial charge in [0.25, 0.3) is 0 Å². The number of hydrogen-bond acceptors (Lipinski definition) is 5. The van der Waals surface area contributed by atoms with E-state index in [1.807, 2.05) is 6.07 Å². The van der Waals surface area contributed by atoms with Gasteiger partial charge in [0.2, 0.25) is 0 Å². The van der Waals surface area contributed by atoms with E-state index in [4.69, 9.17) is 14.7 Å². The maximum atomic E-state index is 10.00. The lowest BCUT2D eigenvalue weighted by molar-refractivity contribution is 0.355. The van der Waals surface area contributed by atoms with Crippen LogP contribution in [0, 0.1) is 11.3 Å². The van der Waals surface area contributed by atoms with Crippen molar-refractivity contribution in [3.8, 4) is 34.4 Å². The first-order valence-corrected chi connectivity index (χ1v) is 5.50. The second-order valence-electron chi connectivity index (χ2n) is 3.76. The molecule has 2 aromatic rings. The molecule has 0 fully saturated rings. The number of nitriles is 1. The molecule has 0 unspecified atom stereocenters. The Kier molecular flexibility index (Phi) is 3.53. The number of hydrogen-bond donors (Lipinski definition) is 1. The molecule has 19 heavy (non-hydrogen) atoms. The van der Waals surface area contributed by atoms with Gasteiger partial charge in [0.15, 0.2) is 11.5 Å². The van der Waals surface area contributed by atoms with Crippen molar-refractivity contribution in [3.63, 3.8) is 0 Å². The molecule has 0 saturated heterocycles. The number of pyridine rings is 1. The normalized spacial score (nSPS) is 9.74. The van der Waals surface area contributed by atoms with Gasteiger partial charge < -0.3 is 14.6 Å². The van der Waals surface area contributed by atoms with Gasteiger partial charge in [-0.15, -0.1) is 0 Å². The van der Waals surface area contributed by atoms with Gasteiger partial charge in [-0.05, 0) is 17.7 Å². The van der Waals surface area contributed by atoms with Crippen LogP contribution in [-0.2, 0) is 0 Å². The number of rotatable bonds is 3. The number of aromatic nitrogens is 1. The molecular formula is C14H12N2O3. The van der Waals surface area contributed by atoms with Crippen molar-refractivity contribution in [1.29, 1.82) is 5.26 Å². The Labute approximate surface area is 110 Å². The smallest absolute Gasteiger partial charge is 0.161 e. The lowest BCUT2D eigenvalue weighted by Gasteiger charge is -2.10. The molecule has 2 rings (SSSR count). The molecule has 0 spiro atoms. The monoisotopic (exact) mass is 256 g/mol. The number of aromatic hydroxyl groups is 1. The average Bonchev–Trinajstić information content (AvgIpc) is 2.46. The molecule has 0 atom stereocenters. The second-order valence-corrected chi connectivity index (χ2v) is 3.76. The van der Waals surface area contributed by atoms with Crippen molar-refractivity contribution in [1.82, 2.24) is 4.98 Å². The largest absolute Gasteiger partial charge is 0.506 e. The zero-order valence-electron chi connectivity index (χ0n) is 10.5. The molecule has 5 heteroatoms. The summed E-state index contributed by atoms with van der Waals surface area (Å²) in [5.74, 6) is 1.04. The van der Waals surface area contributed by atoms with Crippen molar-refractivity contribution >= 4 is 0 Å². The Bertz CT molecular complexity index is 648. The first kappa shape index (κ1) is 12.7. The minimum Gasteiger partial charge on any atom is -0.506 e.